The Balaban J connectivity index is 1.86. The summed E-state index contributed by atoms with van der Waals surface area (Å²) in [5.74, 6) is 2.31. The zero-order valence-electron chi connectivity index (χ0n) is 12.5. The summed E-state index contributed by atoms with van der Waals surface area (Å²) in [5.41, 5.74) is 1.06. The van der Waals surface area contributed by atoms with Crippen molar-refractivity contribution in [3.05, 3.63) is 29.8 Å². The molecule has 0 radical (unpaired) electrons. The van der Waals surface area contributed by atoms with E-state index >= 15 is 0 Å². The van der Waals surface area contributed by atoms with Crippen LogP contribution < -0.4 is 5.32 Å². The van der Waals surface area contributed by atoms with E-state index in [1.165, 1.54) is 0 Å². The summed E-state index contributed by atoms with van der Waals surface area (Å²) in [7, 11) is 0.883. The summed E-state index contributed by atoms with van der Waals surface area (Å²) >= 11 is 1.90. The van der Waals surface area contributed by atoms with E-state index in [9.17, 15) is 9.00 Å². The fourth-order valence-electron chi connectivity index (χ4n) is 2.27. The predicted molar refractivity (Wildman–Crippen MR) is 89.0 cm³/mol. The molecule has 0 spiro atoms. The van der Waals surface area contributed by atoms with Crippen LogP contribution in [0.4, 0.5) is 0 Å². The molecule has 4 nitrogen and oxygen atoms in total. The van der Waals surface area contributed by atoms with E-state index in [0.29, 0.717) is 19.0 Å². The highest BCUT2D eigenvalue weighted by molar-refractivity contribution is 7.99. The Morgan fingerprint density at radius 2 is 2.14 bits per heavy atom. The number of amides is 1. The molecule has 116 valence electrons. The minimum Gasteiger partial charge on any atom is -0.341 e. The van der Waals surface area contributed by atoms with E-state index in [2.05, 4.69) is 5.32 Å². The number of hydrogen-bond donors (Lipinski definition) is 1. The SMILES string of the molecule is CN(Cc1ccc(S(C)=O)cc1)C(=O)CC1CSCCN1. The van der Waals surface area contributed by atoms with Gasteiger partial charge in [0, 0.05) is 66.1 Å². The molecule has 0 bridgehead atoms. The third-order valence-corrected chi connectivity index (χ3v) is 5.59. The number of rotatable bonds is 5. The van der Waals surface area contributed by atoms with E-state index in [1.807, 2.05) is 43.1 Å². The molecule has 1 aliphatic rings. The molecule has 1 aromatic rings. The van der Waals surface area contributed by atoms with E-state index in [-0.39, 0.29) is 5.91 Å². The summed E-state index contributed by atoms with van der Waals surface area (Å²) in [6.45, 7) is 1.58. The van der Waals surface area contributed by atoms with Crippen molar-refractivity contribution in [1.29, 1.82) is 0 Å². The Bertz CT molecular complexity index is 499. The first-order valence-electron chi connectivity index (χ1n) is 7.03. The number of hydrogen-bond acceptors (Lipinski definition) is 4. The maximum atomic E-state index is 12.2. The highest BCUT2D eigenvalue weighted by atomic mass is 32.2. The molecule has 6 heteroatoms. The fraction of sp³-hybridized carbons (Fsp3) is 0.533. The number of carbonyl (C=O) groups excluding carboxylic acids is 1. The highest BCUT2D eigenvalue weighted by Crippen LogP contribution is 2.13. The minimum atomic E-state index is -0.955. The summed E-state index contributed by atoms with van der Waals surface area (Å²) in [5, 5.41) is 3.39. The highest BCUT2D eigenvalue weighted by Gasteiger charge is 2.19. The minimum absolute atomic E-state index is 0.165. The van der Waals surface area contributed by atoms with Crippen LogP contribution in [0, 0.1) is 0 Å². The first-order valence-corrected chi connectivity index (χ1v) is 9.75. The summed E-state index contributed by atoms with van der Waals surface area (Å²) in [4.78, 5) is 14.8. The number of carbonyl (C=O) groups is 1. The van der Waals surface area contributed by atoms with Gasteiger partial charge in [0.2, 0.25) is 5.91 Å². The molecule has 1 saturated heterocycles. The molecule has 0 aromatic heterocycles. The summed E-state index contributed by atoms with van der Waals surface area (Å²) in [6.07, 6.45) is 2.22. The van der Waals surface area contributed by atoms with Crippen molar-refractivity contribution >= 4 is 28.5 Å². The molecule has 1 N–H and O–H groups in total. The van der Waals surface area contributed by atoms with Crippen LogP contribution in [0.1, 0.15) is 12.0 Å². The average Bonchev–Trinajstić information content (AvgIpc) is 2.48. The topological polar surface area (TPSA) is 49.4 Å². The van der Waals surface area contributed by atoms with Crippen molar-refractivity contribution in [2.24, 2.45) is 0 Å². The molecule has 0 saturated carbocycles. The molecule has 2 rings (SSSR count). The summed E-state index contributed by atoms with van der Waals surface area (Å²) in [6, 6.07) is 7.90. The van der Waals surface area contributed by atoms with Gasteiger partial charge in [-0.2, -0.15) is 11.8 Å². The summed E-state index contributed by atoms with van der Waals surface area (Å²) < 4.78 is 11.3. The van der Waals surface area contributed by atoms with Gasteiger partial charge in [-0.05, 0) is 17.7 Å². The van der Waals surface area contributed by atoms with Crippen LogP contribution >= 0.6 is 11.8 Å². The number of nitrogens with zero attached hydrogens (tertiary/aromatic N) is 1. The van der Waals surface area contributed by atoms with Crippen LogP contribution in [0.3, 0.4) is 0 Å². The number of nitrogens with one attached hydrogen (secondary N) is 1. The first kappa shape index (κ1) is 16.5. The van der Waals surface area contributed by atoms with E-state index in [0.717, 1.165) is 28.5 Å². The normalized spacial score (nSPS) is 20.0. The Morgan fingerprint density at radius 1 is 1.43 bits per heavy atom. The second-order valence-corrected chi connectivity index (χ2v) is 7.81. The van der Waals surface area contributed by atoms with Gasteiger partial charge in [-0.1, -0.05) is 12.1 Å². The molecule has 21 heavy (non-hydrogen) atoms. The molecular formula is C15H22N2O2S2. The lowest BCUT2D eigenvalue weighted by atomic mass is 10.2. The van der Waals surface area contributed by atoms with Gasteiger partial charge in [0.05, 0.1) is 0 Å². The molecule has 1 fully saturated rings. The Kier molecular flexibility index (Phi) is 6.26. The van der Waals surface area contributed by atoms with E-state index in [1.54, 1.807) is 11.2 Å². The molecule has 1 heterocycles. The van der Waals surface area contributed by atoms with Crippen molar-refractivity contribution in [3.63, 3.8) is 0 Å². The van der Waals surface area contributed by atoms with E-state index < -0.39 is 10.8 Å². The smallest absolute Gasteiger partial charge is 0.224 e. The van der Waals surface area contributed by atoms with Gasteiger partial charge in [0.15, 0.2) is 0 Å². The Hall–Kier alpha value is -0.850. The van der Waals surface area contributed by atoms with Crippen molar-refractivity contribution in [2.45, 2.75) is 23.9 Å². The maximum absolute atomic E-state index is 12.2. The molecule has 1 amide bonds. The molecule has 2 unspecified atom stereocenters. The van der Waals surface area contributed by atoms with Gasteiger partial charge in [0.1, 0.15) is 0 Å². The first-order chi connectivity index (χ1) is 10.1. The largest absolute Gasteiger partial charge is 0.341 e. The zero-order chi connectivity index (χ0) is 15.2. The second kappa shape index (κ2) is 7.96. The fourth-order valence-corrected chi connectivity index (χ4v) is 3.73. The zero-order valence-corrected chi connectivity index (χ0v) is 14.1. The van der Waals surface area contributed by atoms with Crippen LogP contribution in [0.15, 0.2) is 29.2 Å². The number of benzene rings is 1. The molecule has 1 aromatic carbocycles. The maximum Gasteiger partial charge on any atom is 0.224 e. The van der Waals surface area contributed by atoms with Gasteiger partial charge >= 0.3 is 0 Å². The molecule has 1 aliphatic heterocycles. The second-order valence-electron chi connectivity index (χ2n) is 5.28. The van der Waals surface area contributed by atoms with Crippen molar-refractivity contribution in [1.82, 2.24) is 10.2 Å². The Labute approximate surface area is 133 Å². The standard InChI is InChI=1S/C15H22N2O2S2/c1-17(15(18)9-13-11-20-8-7-16-13)10-12-3-5-14(6-4-12)21(2)19/h3-6,13,16H,7-11H2,1-2H3. The molecular weight excluding hydrogens is 304 g/mol. The lowest BCUT2D eigenvalue weighted by Gasteiger charge is -2.25. The quantitative estimate of drug-likeness (QED) is 0.890. The van der Waals surface area contributed by atoms with Crippen LogP contribution in [-0.2, 0) is 22.1 Å². The van der Waals surface area contributed by atoms with Crippen molar-refractivity contribution < 1.29 is 9.00 Å². The van der Waals surface area contributed by atoms with Gasteiger partial charge in [-0.3, -0.25) is 9.00 Å². The monoisotopic (exact) mass is 326 g/mol. The van der Waals surface area contributed by atoms with Crippen LogP contribution in [0.5, 0.6) is 0 Å². The predicted octanol–water partition coefficient (Wildman–Crippen LogP) is 1.48. The van der Waals surface area contributed by atoms with Crippen LogP contribution in [0.2, 0.25) is 0 Å². The van der Waals surface area contributed by atoms with Gasteiger partial charge in [-0.15, -0.1) is 0 Å². The van der Waals surface area contributed by atoms with Gasteiger partial charge < -0.3 is 10.2 Å². The third-order valence-electron chi connectivity index (χ3n) is 3.52. The third kappa shape index (κ3) is 5.13. The average molecular weight is 326 g/mol. The van der Waals surface area contributed by atoms with Crippen molar-refractivity contribution in [2.75, 3.05) is 31.4 Å². The van der Waals surface area contributed by atoms with Crippen LogP contribution in [0.25, 0.3) is 0 Å². The van der Waals surface area contributed by atoms with Crippen molar-refractivity contribution in [3.8, 4) is 0 Å². The molecule has 2 atom stereocenters. The molecule has 0 aliphatic carbocycles. The van der Waals surface area contributed by atoms with E-state index in [4.69, 9.17) is 0 Å². The number of thioether (sulfide) groups is 1. The van der Waals surface area contributed by atoms with Crippen LogP contribution in [-0.4, -0.2) is 52.4 Å². The lowest BCUT2D eigenvalue weighted by molar-refractivity contribution is -0.130. The van der Waals surface area contributed by atoms with Gasteiger partial charge in [-0.25, -0.2) is 0 Å². The van der Waals surface area contributed by atoms with Gasteiger partial charge in [0.25, 0.3) is 0 Å². The lowest BCUT2D eigenvalue weighted by Crippen LogP contribution is -2.41. The Morgan fingerprint density at radius 3 is 2.71 bits per heavy atom.